The fourth-order valence-corrected chi connectivity index (χ4v) is 3.27. The molecule has 1 amide bonds. The number of nitrogens with one attached hydrogen (secondary N) is 1. The second kappa shape index (κ2) is 11.3. The lowest BCUT2D eigenvalue weighted by atomic mass is 10.1. The number of amides is 1. The van der Waals surface area contributed by atoms with Gasteiger partial charge in [0.2, 0.25) is 5.76 Å². The Morgan fingerprint density at radius 3 is 2.39 bits per heavy atom. The first-order valence-corrected chi connectivity index (χ1v) is 10.6. The fraction of sp³-hybridized carbons (Fsp3) is 0.320. The molecule has 33 heavy (non-hydrogen) atoms. The molecule has 0 bridgehead atoms. The number of ether oxygens (including phenoxy) is 3. The molecule has 8 heteroatoms. The van der Waals surface area contributed by atoms with Crippen molar-refractivity contribution in [2.75, 3.05) is 13.7 Å². The van der Waals surface area contributed by atoms with Gasteiger partial charge in [-0.15, -0.1) is 0 Å². The first-order valence-electron chi connectivity index (χ1n) is 10.6. The van der Waals surface area contributed by atoms with Crippen molar-refractivity contribution >= 4 is 28.8 Å². The van der Waals surface area contributed by atoms with Crippen LogP contribution in [0.3, 0.4) is 0 Å². The summed E-state index contributed by atoms with van der Waals surface area (Å²) < 4.78 is 21.3. The molecule has 3 rings (SSSR count). The summed E-state index contributed by atoms with van der Waals surface area (Å²) in [4.78, 5) is 37.2. The van der Waals surface area contributed by atoms with Crippen molar-refractivity contribution in [1.82, 2.24) is 5.32 Å². The van der Waals surface area contributed by atoms with Gasteiger partial charge in [-0.1, -0.05) is 48.5 Å². The van der Waals surface area contributed by atoms with Gasteiger partial charge in [0.1, 0.15) is 11.6 Å². The third kappa shape index (κ3) is 6.43. The number of carbonyl (C=O) groups excluding carboxylic acids is 3. The van der Waals surface area contributed by atoms with Crippen LogP contribution in [0.15, 0.2) is 59.0 Å². The molecule has 1 heterocycles. The maximum Gasteiger partial charge on any atom is 0.375 e. The van der Waals surface area contributed by atoms with E-state index in [-0.39, 0.29) is 24.9 Å². The van der Waals surface area contributed by atoms with E-state index in [9.17, 15) is 14.4 Å². The highest BCUT2D eigenvalue weighted by Gasteiger charge is 2.25. The number of benzene rings is 2. The van der Waals surface area contributed by atoms with Crippen molar-refractivity contribution in [3.8, 4) is 0 Å². The highest BCUT2D eigenvalue weighted by Crippen LogP contribution is 2.27. The van der Waals surface area contributed by atoms with E-state index in [0.29, 0.717) is 11.1 Å². The number of rotatable bonds is 10. The van der Waals surface area contributed by atoms with Crippen LogP contribution in [0.5, 0.6) is 0 Å². The van der Waals surface area contributed by atoms with Crippen LogP contribution in [0.4, 0.5) is 0 Å². The molecule has 1 unspecified atom stereocenters. The van der Waals surface area contributed by atoms with E-state index in [2.05, 4.69) is 5.32 Å². The van der Waals surface area contributed by atoms with Crippen LogP contribution >= 0.6 is 0 Å². The van der Waals surface area contributed by atoms with E-state index in [0.717, 1.165) is 10.9 Å². The molecular formula is C25H27NO7. The zero-order chi connectivity index (χ0) is 23.8. The maximum absolute atomic E-state index is 12.7. The third-order valence-electron chi connectivity index (χ3n) is 4.88. The Morgan fingerprint density at radius 2 is 1.70 bits per heavy atom. The lowest BCUT2D eigenvalue weighted by molar-refractivity contribution is -0.145. The SMILES string of the molecule is COC(=O)C(Cc1ccccc1)NC(=O)COC(=O)c1oc2ccccc2c1COC(C)C. The number of hydrogen-bond donors (Lipinski definition) is 1. The lowest BCUT2D eigenvalue weighted by Crippen LogP contribution is -2.44. The molecule has 1 aromatic heterocycles. The van der Waals surface area contributed by atoms with E-state index >= 15 is 0 Å². The highest BCUT2D eigenvalue weighted by atomic mass is 16.6. The van der Waals surface area contributed by atoms with Crippen molar-refractivity contribution in [1.29, 1.82) is 0 Å². The van der Waals surface area contributed by atoms with E-state index in [1.54, 1.807) is 12.1 Å². The molecule has 0 fully saturated rings. The Morgan fingerprint density at radius 1 is 1.00 bits per heavy atom. The summed E-state index contributed by atoms with van der Waals surface area (Å²) in [6, 6.07) is 15.5. The molecule has 174 valence electrons. The zero-order valence-corrected chi connectivity index (χ0v) is 18.8. The molecule has 1 atom stereocenters. The summed E-state index contributed by atoms with van der Waals surface area (Å²) in [6.07, 6.45) is 0.196. The van der Waals surface area contributed by atoms with Gasteiger partial charge in [0.15, 0.2) is 6.61 Å². The molecule has 0 aliphatic rings. The number of esters is 2. The van der Waals surface area contributed by atoms with Crippen LogP contribution in [0.1, 0.15) is 35.5 Å². The van der Waals surface area contributed by atoms with E-state index < -0.39 is 30.5 Å². The summed E-state index contributed by atoms with van der Waals surface area (Å²) >= 11 is 0. The molecule has 1 N–H and O–H groups in total. The second-order valence-electron chi connectivity index (χ2n) is 7.67. The van der Waals surface area contributed by atoms with Gasteiger partial charge in [-0.2, -0.15) is 0 Å². The van der Waals surface area contributed by atoms with Gasteiger partial charge in [0.25, 0.3) is 5.91 Å². The van der Waals surface area contributed by atoms with Crippen LogP contribution < -0.4 is 5.32 Å². The molecular weight excluding hydrogens is 426 g/mol. The number of methoxy groups -OCH3 is 1. The molecule has 0 saturated heterocycles. The zero-order valence-electron chi connectivity index (χ0n) is 18.8. The number of carbonyl (C=O) groups is 3. The fourth-order valence-electron chi connectivity index (χ4n) is 3.27. The van der Waals surface area contributed by atoms with Gasteiger partial charge in [-0.3, -0.25) is 4.79 Å². The van der Waals surface area contributed by atoms with Crippen LogP contribution in [0.2, 0.25) is 0 Å². The smallest absolute Gasteiger partial charge is 0.375 e. The van der Waals surface area contributed by atoms with Crippen molar-refractivity contribution in [3.05, 3.63) is 71.5 Å². The molecule has 0 spiro atoms. The van der Waals surface area contributed by atoms with E-state index in [4.69, 9.17) is 18.6 Å². The van der Waals surface area contributed by atoms with Crippen LogP contribution in [0.25, 0.3) is 11.0 Å². The van der Waals surface area contributed by atoms with Gasteiger partial charge in [-0.05, 0) is 25.5 Å². The molecule has 3 aromatic rings. The normalized spacial score (nSPS) is 11.9. The second-order valence-corrected chi connectivity index (χ2v) is 7.67. The maximum atomic E-state index is 12.7. The first kappa shape index (κ1) is 24.0. The Bertz CT molecular complexity index is 1100. The Hall–Kier alpha value is -3.65. The van der Waals surface area contributed by atoms with Crippen LogP contribution in [0, 0.1) is 0 Å². The standard InChI is InChI=1S/C25H27NO7/c1-16(2)31-14-19-18-11-7-8-12-21(18)33-23(19)25(29)32-15-22(27)26-20(24(28)30-3)13-17-9-5-4-6-10-17/h4-12,16,20H,13-15H2,1-3H3,(H,26,27). The van der Waals surface area contributed by atoms with Gasteiger partial charge < -0.3 is 23.9 Å². The monoisotopic (exact) mass is 453 g/mol. The number of para-hydroxylation sites is 1. The van der Waals surface area contributed by atoms with E-state index in [1.165, 1.54) is 7.11 Å². The summed E-state index contributed by atoms with van der Waals surface area (Å²) in [5.74, 6) is -2.03. The van der Waals surface area contributed by atoms with Gasteiger partial charge >= 0.3 is 11.9 Å². The average Bonchev–Trinajstić information content (AvgIpc) is 3.19. The van der Waals surface area contributed by atoms with Crippen LogP contribution in [-0.4, -0.2) is 43.7 Å². The predicted octanol–water partition coefficient (Wildman–Crippen LogP) is 3.42. The quantitative estimate of drug-likeness (QED) is 0.469. The van der Waals surface area contributed by atoms with Crippen molar-refractivity contribution in [2.24, 2.45) is 0 Å². The van der Waals surface area contributed by atoms with Gasteiger partial charge in [0.05, 0.1) is 19.8 Å². The van der Waals surface area contributed by atoms with Crippen molar-refractivity contribution in [2.45, 2.75) is 39.0 Å². The average molecular weight is 453 g/mol. The Balaban J connectivity index is 1.67. The molecule has 2 aromatic carbocycles. The number of furan rings is 1. The third-order valence-corrected chi connectivity index (χ3v) is 4.88. The molecule has 0 aliphatic carbocycles. The van der Waals surface area contributed by atoms with Gasteiger partial charge in [-0.25, -0.2) is 9.59 Å². The number of hydrogen-bond acceptors (Lipinski definition) is 7. The van der Waals surface area contributed by atoms with Gasteiger partial charge in [0, 0.05) is 17.4 Å². The molecule has 8 nitrogen and oxygen atoms in total. The minimum Gasteiger partial charge on any atom is -0.467 e. The van der Waals surface area contributed by atoms with E-state index in [1.807, 2.05) is 56.3 Å². The lowest BCUT2D eigenvalue weighted by Gasteiger charge is -2.16. The molecule has 0 aliphatic heterocycles. The Kier molecular flexibility index (Phi) is 8.21. The van der Waals surface area contributed by atoms with Crippen molar-refractivity contribution < 1.29 is 33.0 Å². The predicted molar refractivity (Wildman–Crippen MR) is 121 cm³/mol. The van der Waals surface area contributed by atoms with Crippen molar-refractivity contribution in [3.63, 3.8) is 0 Å². The molecule has 0 radical (unpaired) electrons. The summed E-state index contributed by atoms with van der Waals surface area (Å²) in [5.41, 5.74) is 1.92. The summed E-state index contributed by atoms with van der Waals surface area (Å²) in [7, 11) is 1.24. The Labute approximate surface area is 191 Å². The largest absolute Gasteiger partial charge is 0.467 e. The van der Waals surface area contributed by atoms with Crippen LogP contribution in [-0.2, 0) is 36.8 Å². The summed E-state index contributed by atoms with van der Waals surface area (Å²) in [6.45, 7) is 3.35. The highest BCUT2D eigenvalue weighted by molar-refractivity contribution is 5.97. The number of fused-ring (bicyclic) bond motifs is 1. The topological polar surface area (TPSA) is 104 Å². The minimum absolute atomic E-state index is 0.0153. The first-order chi connectivity index (χ1) is 15.9. The minimum atomic E-state index is -0.912. The molecule has 0 saturated carbocycles. The summed E-state index contributed by atoms with van der Waals surface area (Å²) in [5, 5.41) is 3.30.